The minimum atomic E-state index is 0.121. The lowest BCUT2D eigenvalue weighted by Crippen LogP contribution is -2.33. The van der Waals surface area contributed by atoms with Crippen LogP contribution in [0.15, 0.2) is 41.3 Å². The van der Waals surface area contributed by atoms with Crippen LogP contribution in [0.3, 0.4) is 0 Å². The molecule has 0 spiro atoms. The van der Waals surface area contributed by atoms with Crippen molar-refractivity contribution in [3.8, 4) is 0 Å². The van der Waals surface area contributed by atoms with Crippen LogP contribution in [0, 0.1) is 13.8 Å². The van der Waals surface area contributed by atoms with Crippen molar-refractivity contribution < 1.29 is 4.79 Å². The SMILES string of the molecule is Cc1ccc(SCCC(=O)N(CCCN(C)C)c2nc3c(C)cc(Cl)cc3s2)cc1. The number of fused-ring (bicyclic) bond motifs is 1. The lowest BCUT2D eigenvalue weighted by molar-refractivity contribution is -0.118. The fraction of sp³-hybridized carbons (Fsp3) is 0.391. The van der Waals surface area contributed by atoms with Gasteiger partial charge in [0, 0.05) is 28.6 Å². The summed E-state index contributed by atoms with van der Waals surface area (Å²) in [5.74, 6) is 0.873. The van der Waals surface area contributed by atoms with Crippen molar-refractivity contribution in [1.82, 2.24) is 9.88 Å². The second kappa shape index (κ2) is 10.6. The van der Waals surface area contributed by atoms with Crippen LogP contribution in [0.2, 0.25) is 5.02 Å². The number of amides is 1. The summed E-state index contributed by atoms with van der Waals surface area (Å²) in [7, 11) is 4.10. The molecule has 0 fully saturated rings. The average Bonchev–Trinajstić information content (AvgIpc) is 3.10. The zero-order chi connectivity index (χ0) is 21.7. The Kier molecular flexibility index (Phi) is 8.17. The summed E-state index contributed by atoms with van der Waals surface area (Å²) in [4.78, 5) is 23.1. The first-order valence-corrected chi connectivity index (χ1v) is 12.2. The van der Waals surface area contributed by atoms with Crippen molar-refractivity contribution in [2.75, 3.05) is 37.8 Å². The van der Waals surface area contributed by atoms with Gasteiger partial charge >= 0.3 is 0 Å². The Hall–Kier alpha value is -1.60. The van der Waals surface area contributed by atoms with Gasteiger partial charge in [0.15, 0.2) is 5.13 Å². The van der Waals surface area contributed by atoms with E-state index in [0.717, 1.165) is 39.6 Å². The van der Waals surface area contributed by atoms with E-state index < -0.39 is 0 Å². The number of thioether (sulfide) groups is 1. The minimum absolute atomic E-state index is 0.121. The van der Waals surface area contributed by atoms with Crippen molar-refractivity contribution in [2.45, 2.75) is 31.6 Å². The molecule has 0 N–H and O–H groups in total. The minimum Gasteiger partial charge on any atom is -0.309 e. The highest BCUT2D eigenvalue weighted by Crippen LogP contribution is 2.33. The predicted octanol–water partition coefficient (Wildman–Crippen LogP) is 6.03. The van der Waals surface area contributed by atoms with Gasteiger partial charge in [0.05, 0.1) is 10.2 Å². The van der Waals surface area contributed by atoms with Gasteiger partial charge in [-0.25, -0.2) is 4.98 Å². The maximum Gasteiger partial charge on any atom is 0.229 e. The first-order chi connectivity index (χ1) is 14.3. The Balaban J connectivity index is 1.73. The Bertz CT molecular complexity index is 1000. The summed E-state index contributed by atoms with van der Waals surface area (Å²) >= 11 is 9.48. The zero-order valence-corrected chi connectivity index (χ0v) is 20.3. The quantitative estimate of drug-likeness (QED) is 0.364. The molecule has 2 aromatic carbocycles. The number of carbonyl (C=O) groups excluding carboxylic acids is 1. The number of nitrogens with zero attached hydrogens (tertiary/aromatic N) is 3. The van der Waals surface area contributed by atoms with E-state index in [1.807, 2.05) is 38.1 Å². The number of halogens is 1. The normalized spacial score (nSPS) is 11.4. The van der Waals surface area contributed by atoms with Gasteiger partial charge in [0.25, 0.3) is 0 Å². The molecule has 3 rings (SSSR count). The molecular weight excluding hydrogens is 434 g/mol. The highest BCUT2D eigenvalue weighted by molar-refractivity contribution is 7.99. The van der Waals surface area contributed by atoms with Crippen LogP contribution >= 0.6 is 34.7 Å². The van der Waals surface area contributed by atoms with Crippen LogP contribution < -0.4 is 4.90 Å². The third-order valence-electron chi connectivity index (χ3n) is 4.76. The first kappa shape index (κ1) is 23.1. The number of rotatable bonds is 9. The molecule has 0 saturated carbocycles. The molecule has 0 atom stereocenters. The first-order valence-electron chi connectivity index (χ1n) is 10.0. The Morgan fingerprint density at radius 1 is 1.13 bits per heavy atom. The van der Waals surface area contributed by atoms with Crippen molar-refractivity contribution in [3.63, 3.8) is 0 Å². The summed E-state index contributed by atoms with van der Waals surface area (Å²) in [6.45, 7) is 5.68. The van der Waals surface area contributed by atoms with Crippen molar-refractivity contribution in [1.29, 1.82) is 0 Å². The Morgan fingerprint density at radius 3 is 2.57 bits per heavy atom. The van der Waals surface area contributed by atoms with Gasteiger partial charge in [-0.1, -0.05) is 40.6 Å². The smallest absolute Gasteiger partial charge is 0.229 e. The van der Waals surface area contributed by atoms with E-state index in [4.69, 9.17) is 16.6 Å². The van der Waals surface area contributed by atoms with Crippen LogP contribution in [0.4, 0.5) is 5.13 Å². The molecule has 0 aliphatic heterocycles. The molecule has 1 heterocycles. The van der Waals surface area contributed by atoms with Crippen LogP contribution in [0.5, 0.6) is 0 Å². The largest absolute Gasteiger partial charge is 0.309 e. The van der Waals surface area contributed by atoms with Crippen LogP contribution in [0.1, 0.15) is 24.0 Å². The lowest BCUT2D eigenvalue weighted by Gasteiger charge is -2.21. The molecular formula is C23H28ClN3OS2. The molecule has 0 aliphatic carbocycles. The molecule has 0 bridgehead atoms. The predicted molar refractivity (Wildman–Crippen MR) is 131 cm³/mol. The molecule has 4 nitrogen and oxygen atoms in total. The maximum atomic E-state index is 13.1. The van der Waals surface area contributed by atoms with E-state index in [-0.39, 0.29) is 5.91 Å². The molecule has 3 aromatic rings. The molecule has 0 saturated heterocycles. The Morgan fingerprint density at radius 2 is 1.87 bits per heavy atom. The molecule has 160 valence electrons. The van der Waals surface area contributed by atoms with E-state index in [9.17, 15) is 4.79 Å². The van der Waals surface area contributed by atoms with Crippen LogP contribution in [0.25, 0.3) is 10.2 Å². The van der Waals surface area contributed by atoms with E-state index in [1.54, 1.807) is 23.1 Å². The molecule has 1 aromatic heterocycles. The molecule has 0 unspecified atom stereocenters. The molecule has 1 amide bonds. The monoisotopic (exact) mass is 461 g/mol. The van der Waals surface area contributed by atoms with Crippen molar-refractivity contribution in [3.05, 3.63) is 52.5 Å². The van der Waals surface area contributed by atoms with E-state index >= 15 is 0 Å². The van der Waals surface area contributed by atoms with E-state index in [1.165, 1.54) is 10.5 Å². The second-order valence-corrected chi connectivity index (χ2v) is 10.3. The highest BCUT2D eigenvalue weighted by Gasteiger charge is 2.20. The van der Waals surface area contributed by atoms with Gasteiger partial charge < -0.3 is 4.90 Å². The topological polar surface area (TPSA) is 36.4 Å². The number of aromatic nitrogens is 1. The van der Waals surface area contributed by atoms with E-state index in [2.05, 4.69) is 36.1 Å². The number of hydrogen-bond acceptors (Lipinski definition) is 5. The maximum absolute atomic E-state index is 13.1. The van der Waals surface area contributed by atoms with Crippen molar-refractivity contribution in [2.24, 2.45) is 0 Å². The second-order valence-electron chi connectivity index (χ2n) is 7.68. The molecule has 0 radical (unpaired) electrons. The lowest BCUT2D eigenvalue weighted by atomic mass is 10.2. The van der Waals surface area contributed by atoms with Gasteiger partial charge in [-0.2, -0.15) is 0 Å². The number of benzene rings is 2. The summed E-state index contributed by atoms with van der Waals surface area (Å²) in [5, 5.41) is 1.47. The van der Waals surface area contributed by atoms with Gasteiger partial charge in [-0.3, -0.25) is 9.69 Å². The van der Waals surface area contributed by atoms with Crippen LogP contribution in [-0.4, -0.2) is 48.7 Å². The summed E-state index contributed by atoms with van der Waals surface area (Å²) in [5.41, 5.74) is 3.21. The summed E-state index contributed by atoms with van der Waals surface area (Å²) < 4.78 is 1.02. The average molecular weight is 462 g/mol. The molecule has 30 heavy (non-hydrogen) atoms. The summed E-state index contributed by atoms with van der Waals surface area (Å²) in [6, 6.07) is 12.3. The van der Waals surface area contributed by atoms with Crippen molar-refractivity contribution >= 4 is 56.0 Å². The summed E-state index contributed by atoms with van der Waals surface area (Å²) in [6.07, 6.45) is 1.38. The third kappa shape index (κ3) is 6.20. The van der Waals surface area contributed by atoms with Gasteiger partial charge in [0.2, 0.25) is 5.91 Å². The Labute approximate surface area is 192 Å². The fourth-order valence-electron chi connectivity index (χ4n) is 3.16. The standard InChI is InChI=1S/C23H28ClN3OS2/c1-16-6-8-19(9-7-16)29-13-10-21(28)27(12-5-11-26(3)4)23-25-22-17(2)14-18(24)15-20(22)30-23/h6-9,14-15H,5,10-13H2,1-4H3. The van der Waals surface area contributed by atoms with Gasteiger partial charge in [0.1, 0.15) is 0 Å². The van der Waals surface area contributed by atoms with Crippen LogP contribution in [-0.2, 0) is 4.79 Å². The number of carbonyl (C=O) groups is 1. The molecule has 7 heteroatoms. The molecule has 0 aliphatic rings. The number of aryl methyl sites for hydroxylation is 2. The van der Waals surface area contributed by atoms with Gasteiger partial charge in [-0.05, 0) is 70.7 Å². The number of anilines is 1. The third-order valence-corrected chi connectivity index (χ3v) is 7.02. The number of hydrogen-bond donors (Lipinski definition) is 0. The zero-order valence-electron chi connectivity index (χ0n) is 17.9. The fourth-order valence-corrected chi connectivity index (χ4v) is 5.46. The number of thiazole rings is 1. The van der Waals surface area contributed by atoms with Gasteiger partial charge in [-0.15, -0.1) is 11.8 Å². The van der Waals surface area contributed by atoms with E-state index in [0.29, 0.717) is 18.0 Å². The highest BCUT2D eigenvalue weighted by atomic mass is 35.5.